The first-order valence-corrected chi connectivity index (χ1v) is 6.98. The Labute approximate surface area is 112 Å². The minimum atomic E-state index is -4.67. The number of benzene rings is 1. The third-order valence-corrected chi connectivity index (χ3v) is 2.81. The normalized spacial score (nSPS) is 10.5. The van der Waals surface area contributed by atoms with E-state index >= 15 is 0 Å². The minimum absolute atomic E-state index is 0.725. The van der Waals surface area contributed by atoms with E-state index in [1.165, 1.54) is 0 Å². The maximum atomic E-state index is 8.74. The molecular weight excluding hydrogens is 422 g/mol. The van der Waals surface area contributed by atoms with Crippen LogP contribution in [0.25, 0.3) is 0 Å². The van der Waals surface area contributed by atoms with Crippen molar-refractivity contribution in [1.82, 2.24) is 0 Å². The van der Waals surface area contributed by atoms with Gasteiger partial charge in [-0.25, -0.2) is 0 Å². The van der Waals surface area contributed by atoms with E-state index in [1.807, 2.05) is 12.1 Å². The van der Waals surface area contributed by atoms with Crippen LogP contribution < -0.4 is 5.73 Å². The molecular formula is C6H6Br3NO4S. The first-order valence-electron chi connectivity index (χ1n) is 3.21. The number of nitrogens with two attached hydrogens (primary N) is 1. The molecule has 5 nitrogen and oxygen atoms in total. The molecule has 0 radical (unpaired) electrons. The van der Waals surface area contributed by atoms with Crippen LogP contribution in [0.4, 0.5) is 5.69 Å². The molecule has 0 fully saturated rings. The first kappa shape index (κ1) is 15.3. The summed E-state index contributed by atoms with van der Waals surface area (Å²) in [7, 11) is -4.67. The summed E-state index contributed by atoms with van der Waals surface area (Å²) in [5.74, 6) is 0. The second-order valence-corrected chi connectivity index (χ2v) is 5.75. The van der Waals surface area contributed by atoms with Crippen LogP contribution in [-0.2, 0) is 10.4 Å². The molecule has 9 heteroatoms. The van der Waals surface area contributed by atoms with Gasteiger partial charge in [-0.05, 0) is 44.0 Å². The fourth-order valence-electron chi connectivity index (χ4n) is 0.553. The van der Waals surface area contributed by atoms with E-state index in [0.717, 1.165) is 19.1 Å². The van der Waals surface area contributed by atoms with E-state index in [4.69, 9.17) is 23.3 Å². The quantitative estimate of drug-likeness (QED) is 0.436. The molecule has 0 saturated heterocycles. The predicted molar refractivity (Wildman–Crippen MR) is 68.1 cm³/mol. The highest BCUT2D eigenvalue weighted by Gasteiger charge is 2.00. The number of halogens is 3. The van der Waals surface area contributed by atoms with Crippen molar-refractivity contribution in [3.63, 3.8) is 0 Å². The predicted octanol–water partition coefficient (Wildman–Crippen LogP) is 2.90. The molecule has 0 bridgehead atoms. The van der Waals surface area contributed by atoms with E-state index in [1.54, 1.807) is 0 Å². The van der Waals surface area contributed by atoms with Crippen LogP contribution in [0, 0.1) is 0 Å². The van der Waals surface area contributed by atoms with Gasteiger partial charge in [-0.3, -0.25) is 9.11 Å². The van der Waals surface area contributed by atoms with Crippen molar-refractivity contribution >= 4 is 63.9 Å². The van der Waals surface area contributed by atoms with Gasteiger partial charge in [0.25, 0.3) is 0 Å². The zero-order valence-corrected chi connectivity index (χ0v) is 12.6. The fraction of sp³-hybridized carbons (Fsp3) is 0. The summed E-state index contributed by atoms with van der Waals surface area (Å²) in [4.78, 5) is 0. The molecule has 1 aromatic rings. The molecule has 0 aromatic heterocycles. The SMILES string of the molecule is Nc1c(Br)cc(Br)cc1Br.O=S(=O)(O)O. The molecule has 1 rings (SSSR count). The van der Waals surface area contributed by atoms with Crippen molar-refractivity contribution < 1.29 is 17.5 Å². The number of hydrogen-bond acceptors (Lipinski definition) is 3. The molecule has 0 amide bonds. The van der Waals surface area contributed by atoms with Gasteiger partial charge in [-0.1, -0.05) is 15.9 Å². The molecule has 0 saturated carbocycles. The molecule has 4 N–H and O–H groups in total. The highest BCUT2D eigenvalue weighted by molar-refractivity contribution is 9.11. The Kier molecular flexibility index (Phi) is 6.30. The van der Waals surface area contributed by atoms with Crippen molar-refractivity contribution in [2.24, 2.45) is 0 Å². The van der Waals surface area contributed by atoms with Gasteiger partial charge in [-0.2, -0.15) is 8.42 Å². The van der Waals surface area contributed by atoms with Crippen LogP contribution in [0.15, 0.2) is 25.6 Å². The second-order valence-electron chi connectivity index (χ2n) is 2.23. The van der Waals surface area contributed by atoms with Gasteiger partial charge in [0.1, 0.15) is 0 Å². The van der Waals surface area contributed by atoms with Crippen LogP contribution in [0.2, 0.25) is 0 Å². The van der Waals surface area contributed by atoms with Gasteiger partial charge < -0.3 is 5.73 Å². The van der Waals surface area contributed by atoms with E-state index in [-0.39, 0.29) is 0 Å². The number of hydrogen-bond donors (Lipinski definition) is 3. The summed E-state index contributed by atoms with van der Waals surface area (Å²) in [5.41, 5.74) is 6.36. The molecule has 15 heavy (non-hydrogen) atoms. The summed E-state index contributed by atoms with van der Waals surface area (Å²) in [6.07, 6.45) is 0. The summed E-state index contributed by atoms with van der Waals surface area (Å²) in [5, 5.41) is 0. The van der Waals surface area contributed by atoms with E-state index in [9.17, 15) is 0 Å². The molecule has 0 unspecified atom stereocenters. The first-order chi connectivity index (χ1) is 6.61. The lowest BCUT2D eigenvalue weighted by atomic mass is 10.3. The van der Waals surface area contributed by atoms with Gasteiger partial charge in [0.15, 0.2) is 0 Å². The zero-order chi connectivity index (χ0) is 12.2. The molecule has 1 aromatic carbocycles. The van der Waals surface area contributed by atoms with Crippen LogP contribution in [0.3, 0.4) is 0 Å². The molecule has 0 aliphatic rings. The van der Waals surface area contributed by atoms with E-state index in [0.29, 0.717) is 0 Å². The topological polar surface area (TPSA) is 101 Å². The minimum Gasteiger partial charge on any atom is -0.397 e. The number of nitrogen functional groups attached to an aromatic ring is 1. The Bertz CT molecular complexity index is 417. The van der Waals surface area contributed by atoms with Crippen LogP contribution >= 0.6 is 47.8 Å². The third-order valence-electron chi connectivity index (χ3n) is 1.04. The number of rotatable bonds is 0. The maximum absolute atomic E-state index is 8.74. The summed E-state index contributed by atoms with van der Waals surface area (Å²) in [6.45, 7) is 0. The molecule has 86 valence electrons. The van der Waals surface area contributed by atoms with Crippen molar-refractivity contribution in [3.8, 4) is 0 Å². The van der Waals surface area contributed by atoms with Gasteiger partial charge in [0, 0.05) is 13.4 Å². The lowest BCUT2D eigenvalue weighted by Gasteiger charge is -2.00. The Balaban J connectivity index is 0.000000336. The molecule has 0 spiro atoms. The van der Waals surface area contributed by atoms with Gasteiger partial charge in [0.2, 0.25) is 0 Å². The molecule has 0 atom stereocenters. The standard InChI is InChI=1S/C6H4Br3N.H2O4S/c7-3-1-4(8)6(10)5(9)2-3;1-5(2,3)4/h1-2H,10H2;(H2,1,2,3,4). The van der Waals surface area contributed by atoms with Crippen LogP contribution in [0.1, 0.15) is 0 Å². The Morgan fingerprint density at radius 3 is 1.60 bits per heavy atom. The average molecular weight is 428 g/mol. The largest absolute Gasteiger partial charge is 0.397 e. The maximum Gasteiger partial charge on any atom is 0.394 e. The van der Waals surface area contributed by atoms with E-state index < -0.39 is 10.4 Å². The summed E-state index contributed by atoms with van der Waals surface area (Å²) < 4.78 is 34.4. The lowest BCUT2D eigenvalue weighted by molar-refractivity contribution is 0.381. The highest BCUT2D eigenvalue weighted by atomic mass is 79.9. The Hall–Kier alpha value is 0.330. The lowest BCUT2D eigenvalue weighted by Crippen LogP contribution is -1.89. The van der Waals surface area contributed by atoms with Crippen molar-refractivity contribution in [3.05, 3.63) is 25.6 Å². The highest BCUT2D eigenvalue weighted by Crippen LogP contribution is 2.31. The number of anilines is 1. The fourth-order valence-corrected chi connectivity index (χ4v) is 2.81. The van der Waals surface area contributed by atoms with Crippen LogP contribution in [0.5, 0.6) is 0 Å². The van der Waals surface area contributed by atoms with Crippen molar-refractivity contribution in [2.75, 3.05) is 5.73 Å². The smallest absolute Gasteiger partial charge is 0.394 e. The van der Waals surface area contributed by atoms with E-state index in [2.05, 4.69) is 47.8 Å². The third kappa shape index (κ3) is 8.17. The zero-order valence-electron chi connectivity index (χ0n) is 6.99. The Morgan fingerprint density at radius 1 is 1.07 bits per heavy atom. The molecule has 0 aliphatic carbocycles. The van der Waals surface area contributed by atoms with Gasteiger partial charge >= 0.3 is 10.4 Å². The van der Waals surface area contributed by atoms with Crippen molar-refractivity contribution in [1.29, 1.82) is 0 Å². The van der Waals surface area contributed by atoms with Gasteiger partial charge in [0.05, 0.1) is 5.69 Å². The second kappa shape index (κ2) is 6.16. The van der Waals surface area contributed by atoms with Gasteiger partial charge in [-0.15, -0.1) is 0 Å². The Morgan fingerprint density at radius 2 is 1.33 bits per heavy atom. The molecule has 0 heterocycles. The molecule has 0 aliphatic heterocycles. The average Bonchev–Trinajstić information content (AvgIpc) is 1.96. The summed E-state index contributed by atoms with van der Waals surface area (Å²) in [6, 6.07) is 3.81. The monoisotopic (exact) mass is 425 g/mol. The van der Waals surface area contributed by atoms with Crippen LogP contribution in [-0.4, -0.2) is 17.5 Å². The van der Waals surface area contributed by atoms with Crippen molar-refractivity contribution in [2.45, 2.75) is 0 Å². The summed E-state index contributed by atoms with van der Waals surface area (Å²) >= 11 is 9.96.